The Kier molecular flexibility index (Phi) is 5.94. The van der Waals surface area contributed by atoms with Crippen molar-refractivity contribution in [3.05, 3.63) is 57.4 Å². The van der Waals surface area contributed by atoms with Crippen LogP contribution in [0.1, 0.15) is 22.2 Å². The normalized spacial score (nSPS) is 16.8. The van der Waals surface area contributed by atoms with Crippen molar-refractivity contribution in [3.63, 3.8) is 0 Å². The zero-order valence-electron chi connectivity index (χ0n) is 13.0. The first kappa shape index (κ1) is 17.5. The first-order valence-electron chi connectivity index (χ1n) is 7.73. The maximum atomic E-state index is 12.5. The number of morpholine rings is 1. The van der Waals surface area contributed by atoms with Crippen molar-refractivity contribution in [1.29, 1.82) is 0 Å². The summed E-state index contributed by atoms with van der Waals surface area (Å²) in [4.78, 5) is 14.7. The lowest BCUT2D eigenvalue weighted by Gasteiger charge is -2.33. The quantitative estimate of drug-likeness (QED) is 0.815. The van der Waals surface area contributed by atoms with Gasteiger partial charge in [-0.2, -0.15) is 0 Å². The van der Waals surface area contributed by atoms with Gasteiger partial charge in [0, 0.05) is 24.1 Å². The molecule has 1 fully saturated rings. The Hall–Kier alpha value is -1.34. The number of ether oxygens (including phenoxy) is 1. The molecule has 0 spiro atoms. The summed E-state index contributed by atoms with van der Waals surface area (Å²) in [5.74, 6) is 0.628. The van der Waals surface area contributed by atoms with E-state index in [-0.39, 0.29) is 11.9 Å². The molecule has 5 nitrogen and oxygen atoms in total. The zero-order valence-corrected chi connectivity index (χ0v) is 15.3. The number of benzene rings is 1. The molecule has 1 aliphatic rings. The van der Waals surface area contributed by atoms with Crippen LogP contribution in [0.25, 0.3) is 0 Å². The minimum absolute atomic E-state index is 0.0289. The molecule has 1 amide bonds. The van der Waals surface area contributed by atoms with Crippen LogP contribution in [0.4, 0.5) is 0 Å². The van der Waals surface area contributed by atoms with Gasteiger partial charge in [-0.25, -0.2) is 0 Å². The molecule has 1 aliphatic heterocycles. The van der Waals surface area contributed by atoms with Crippen LogP contribution in [0.3, 0.4) is 0 Å². The molecule has 3 rings (SSSR count). The highest BCUT2D eigenvalue weighted by Gasteiger charge is 2.25. The van der Waals surface area contributed by atoms with E-state index in [1.54, 1.807) is 24.5 Å². The van der Waals surface area contributed by atoms with Crippen molar-refractivity contribution >= 4 is 33.4 Å². The zero-order chi connectivity index (χ0) is 16.9. The molecule has 2 aromatic rings. The minimum Gasteiger partial charge on any atom is -0.468 e. The summed E-state index contributed by atoms with van der Waals surface area (Å²) in [7, 11) is 0. The number of carbonyl (C=O) groups excluding carboxylic acids is 1. The maximum absolute atomic E-state index is 12.5. The lowest BCUT2D eigenvalue weighted by atomic mass is 10.1. The van der Waals surface area contributed by atoms with E-state index in [4.69, 9.17) is 20.8 Å². The number of carbonyl (C=O) groups is 1. The molecule has 1 unspecified atom stereocenters. The summed E-state index contributed by atoms with van der Waals surface area (Å²) in [6.45, 7) is 3.41. The summed E-state index contributed by atoms with van der Waals surface area (Å²) < 4.78 is 11.8. The molecule has 2 heterocycles. The maximum Gasteiger partial charge on any atom is 0.252 e. The smallest absolute Gasteiger partial charge is 0.252 e. The van der Waals surface area contributed by atoms with Crippen molar-refractivity contribution in [2.24, 2.45) is 0 Å². The predicted octanol–water partition coefficient (Wildman–Crippen LogP) is 3.50. The number of halogens is 2. The first-order valence-corrected chi connectivity index (χ1v) is 8.90. The third-order valence-corrected chi connectivity index (χ3v) is 4.81. The highest BCUT2D eigenvalue weighted by atomic mass is 79.9. The van der Waals surface area contributed by atoms with Gasteiger partial charge in [-0.05, 0) is 30.3 Å². The lowest BCUT2D eigenvalue weighted by Crippen LogP contribution is -2.43. The largest absolute Gasteiger partial charge is 0.468 e. The molecule has 24 heavy (non-hydrogen) atoms. The molecule has 7 heteroatoms. The second-order valence-electron chi connectivity index (χ2n) is 5.51. The molecular formula is C17H18BrClN2O3. The van der Waals surface area contributed by atoms with Gasteiger partial charge in [-0.1, -0.05) is 27.5 Å². The molecule has 128 valence electrons. The van der Waals surface area contributed by atoms with Gasteiger partial charge < -0.3 is 14.5 Å². The van der Waals surface area contributed by atoms with Crippen molar-refractivity contribution in [2.45, 2.75) is 6.04 Å². The Labute approximate surface area is 154 Å². The van der Waals surface area contributed by atoms with E-state index in [0.717, 1.165) is 23.3 Å². The first-order chi connectivity index (χ1) is 11.6. The van der Waals surface area contributed by atoms with E-state index < -0.39 is 0 Å². The molecule has 0 aliphatic carbocycles. The summed E-state index contributed by atoms with van der Waals surface area (Å²) in [5, 5.41) is 3.39. The third-order valence-electron chi connectivity index (χ3n) is 3.99. The van der Waals surface area contributed by atoms with Crippen LogP contribution in [-0.4, -0.2) is 43.7 Å². The average molecular weight is 414 g/mol. The van der Waals surface area contributed by atoms with Crippen LogP contribution < -0.4 is 5.32 Å². The lowest BCUT2D eigenvalue weighted by molar-refractivity contribution is 0.0118. The summed E-state index contributed by atoms with van der Waals surface area (Å²) in [5.41, 5.74) is 0.450. The van der Waals surface area contributed by atoms with Gasteiger partial charge in [0.15, 0.2) is 0 Å². The van der Waals surface area contributed by atoms with E-state index >= 15 is 0 Å². The Morgan fingerprint density at radius 1 is 1.33 bits per heavy atom. The SMILES string of the molecule is O=C(NCC(c1ccco1)N1CCOCC1)c1cc(Br)ccc1Cl. The molecular weight excluding hydrogens is 396 g/mol. The number of hydrogen-bond acceptors (Lipinski definition) is 4. The molecule has 1 aromatic carbocycles. The van der Waals surface area contributed by atoms with Gasteiger partial charge in [-0.15, -0.1) is 0 Å². The van der Waals surface area contributed by atoms with E-state index in [1.807, 2.05) is 12.1 Å². The third kappa shape index (κ3) is 4.19. The Bertz CT molecular complexity index is 687. The molecule has 1 atom stereocenters. The molecule has 1 saturated heterocycles. The van der Waals surface area contributed by atoms with Crippen molar-refractivity contribution < 1.29 is 13.9 Å². The molecule has 0 bridgehead atoms. The Morgan fingerprint density at radius 2 is 2.12 bits per heavy atom. The number of nitrogens with zero attached hydrogens (tertiary/aromatic N) is 1. The van der Waals surface area contributed by atoms with Gasteiger partial charge in [0.25, 0.3) is 5.91 Å². The van der Waals surface area contributed by atoms with Crippen LogP contribution in [0.15, 0.2) is 45.5 Å². The van der Waals surface area contributed by atoms with Gasteiger partial charge in [0.2, 0.25) is 0 Å². The molecule has 1 aromatic heterocycles. The van der Waals surface area contributed by atoms with Crippen molar-refractivity contribution in [1.82, 2.24) is 10.2 Å². The van der Waals surface area contributed by atoms with Crippen molar-refractivity contribution in [2.75, 3.05) is 32.8 Å². The van der Waals surface area contributed by atoms with Crippen LogP contribution in [0.5, 0.6) is 0 Å². The summed E-state index contributed by atoms with van der Waals surface area (Å²) in [6.07, 6.45) is 1.65. The Balaban J connectivity index is 1.71. The van der Waals surface area contributed by atoms with Gasteiger partial charge in [-0.3, -0.25) is 9.69 Å². The standard InChI is InChI=1S/C17H18BrClN2O3/c18-12-3-4-14(19)13(10-12)17(22)20-11-15(16-2-1-7-24-16)21-5-8-23-9-6-21/h1-4,7,10,15H,5-6,8-9,11H2,(H,20,22). The highest BCUT2D eigenvalue weighted by Crippen LogP contribution is 2.23. The summed E-state index contributed by atoms with van der Waals surface area (Å²) >= 11 is 9.49. The second-order valence-corrected chi connectivity index (χ2v) is 6.84. The number of nitrogens with one attached hydrogen (secondary N) is 1. The predicted molar refractivity (Wildman–Crippen MR) is 95.3 cm³/mol. The highest BCUT2D eigenvalue weighted by molar-refractivity contribution is 9.10. The molecule has 1 N–H and O–H groups in total. The number of rotatable bonds is 5. The van der Waals surface area contributed by atoms with E-state index in [9.17, 15) is 4.79 Å². The molecule has 0 radical (unpaired) electrons. The molecule has 0 saturated carbocycles. The van der Waals surface area contributed by atoms with Gasteiger partial charge in [0.05, 0.1) is 36.1 Å². The van der Waals surface area contributed by atoms with Crippen molar-refractivity contribution in [3.8, 4) is 0 Å². The average Bonchev–Trinajstić information content (AvgIpc) is 3.12. The van der Waals surface area contributed by atoms with E-state index in [0.29, 0.717) is 30.3 Å². The fourth-order valence-electron chi connectivity index (χ4n) is 2.74. The Morgan fingerprint density at radius 3 is 2.83 bits per heavy atom. The minimum atomic E-state index is -0.203. The van der Waals surface area contributed by atoms with Crippen LogP contribution in [-0.2, 0) is 4.74 Å². The monoisotopic (exact) mass is 412 g/mol. The number of amides is 1. The van der Waals surface area contributed by atoms with E-state index in [2.05, 4.69) is 26.1 Å². The second kappa shape index (κ2) is 8.16. The van der Waals surface area contributed by atoms with Gasteiger partial charge >= 0.3 is 0 Å². The topological polar surface area (TPSA) is 54.7 Å². The number of hydrogen-bond donors (Lipinski definition) is 1. The van der Waals surface area contributed by atoms with Crippen LogP contribution in [0, 0.1) is 0 Å². The van der Waals surface area contributed by atoms with Crippen LogP contribution >= 0.6 is 27.5 Å². The van der Waals surface area contributed by atoms with E-state index in [1.165, 1.54) is 0 Å². The fraction of sp³-hybridized carbons (Fsp3) is 0.353. The fourth-order valence-corrected chi connectivity index (χ4v) is 3.30. The number of furan rings is 1. The van der Waals surface area contributed by atoms with Gasteiger partial charge in [0.1, 0.15) is 5.76 Å². The summed E-state index contributed by atoms with van der Waals surface area (Å²) in [6, 6.07) is 8.98. The van der Waals surface area contributed by atoms with Crippen LogP contribution in [0.2, 0.25) is 5.02 Å².